The van der Waals surface area contributed by atoms with Gasteiger partial charge in [-0.3, -0.25) is 14.5 Å². The zero-order valence-electron chi connectivity index (χ0n) is 15.6. The number of halogens is 2. The first-order chi connectivity index (χ1) is 13.5. The normalized spacial score (nSPS) is 12.5. The summed E-state index contributed by atoms with van der Waals surface area (Å²) in [6.45, 7) is 1.60. The number of anilines is 2. The summed E-state index contributed by atoms with van der Waals surface area (Å²) in [6.07, 6.45) is 0. The van der Waals surface area contributed by atoms with Crippen molar-refractivity contribution in [3.05, 3.63) is 52.5 Å². The molecule has 11 heteroatoms. The van der Waals surface area contributed by atoms with Gasteiger partial charge in [-0.15, -0.1) is 0 Å². The molecule has 29 heavy (non-hydrogen) atoms. The van der Waals surface area contributed by atoms with Crippen LogP contribution in [0, 0.1) is 0 Å². The Labute approximate surface area is 179 Å². The third-order valence-electron chi connectivity index (χ3n) is 4.09. The molecule has 0 aliphatic rings. The Morgan fingerprint density at radius 3 is 2.17 bits per heavy atom. The van der Waals surface area contributed by atoms with E-state index >= 15 is 0 Å². The Balaban J connectivity index is 1.92. The number of carbonyl (C=O) groups is 2. The van der Waals surface area contributed by atoms with Gasteiger partial charge in [0.1, 0.15) is 0 Å². The summed E-state index contributed by atoms with van der Waals surface area (Å²) in [5.74, 6) is -0.693. The molecule has 8 nitrogen and oxygen atoms in total. The zero-order chi connectivity index (χ0) is 21.8. The van der Waals surface area contributed by atoms with Crippen LogP contribution in [0.3, 0.4) is 0 Å². The van der Waals surface area contributed by atoms with Crippen molar-refractivity contribution in [3.63, 3.8) is 0 Å². The van der Waals surface area contributed by atoms with Crippen LogP contribution in [0.4, 0.5) is 11.4 Å². The molecule has 156 valence electrons. The number of hydrogen-bond acceptors (Lipinski definition) is 5. The minimum atomic E-state index is -3.80. The first kappa shape index (κ1) is 23.1. The van der Waals surface area contributed by atoms with Crippen molar-refractivity contribution in [1.29, 1.82) is 0 Å². The maximum absolute atomic E-state index is 12.4. The number of likely N-dealkylation sites (N-methyl/N-ethyl adjacent to an activating group) is 1. The number of carbonyl (C=O) groups excluding carboxylic acids is 2. The highest BCUT2D eigenvalue weighted by Crippen LogP contribution is 2.25. The molecule has 0 spiro atoms. The van der Waals surface area contributed by atoms with E-state index in [-0.39, 0.29) is 23.3 Å². The van der Waals surface area contributed by atoms with E-state index in [1.807, 2.05) is 0 Å². The monoisotopic (exact) mass is 458 g/mol. The number of nitrogens with zero attached hydrogens (tertiary/aromatic N) is 1. The Bertz CT molecular complexity index is 1010. The van der Waals surface area contributed by atoms with Gasteiger partial charge in [-0.05, 0) is 56.4 Å². The van der Waals surface area contributed by atoms with E-state index in [0.717, 1.165) is 0 Å². The maximum Gasteiger partial charge on any atom is 0.241 e. The van der Waals surface area contributed by atoms with Crippen LogP contribution >= 0.6 is 23.2 Å². The number of rotatable bonds is 7. The number of sulfonamides is 1. The molecule has 0 radical (unpaired) electrons. The fraction of sp³-hybridized carbons (Fsp3) is 0.222. The second kappa shape index (κ2) is 9.55. The Hall–Kier alpha value is -2.17. The highest BCUT2D eigenvalue weighted by Gasteiger charge is 2.20. The maximum atomic E-state index is 12.4. The Kier molecular flexibility index (Phi) is 7.61. The SMILES string of the molecule is CC(C(=O)Nc1ccc(S(N)(=O)=O)cc1)N(C)CC(=O)Nc1ccc(Cl)c(Cl)c1. The second-order valence-electron chi connectivity index (χ2n) is 6.33. The minimum absolute atomic E-state index is 0.0425. The molecular formula is C18H20Cl2N4O4S. The smallest absolute Gasteiger partial charge is 0.241 e. The van der Waals surface area contributed by atoms with E-state index in [4.69, 9.17) is 28.3 Å². The van der Waals surface area contributed by atoms with Gasteiger partial charge in [0.2, 0.25) is 21.8 Å². The Morgan fingerprint density at radius 1 is 1.03 bits per heavy atom. The van der Waals surface area contributed by atoms with Crippen LogP contribution < -0.4 is 15.8 Å². The summed E-state index contributed by atoms with van der Waals surface area (Å²) >= 11 is 11.8. The van der Waals surface area contributed by atoms with Crippen molar-refractivity contribution in [2.45, 2.75) is 17.9 Å². The molecule has 0 saturated carbocycles. The first-order valence-electron chi connectivity index (χ1n) is 8.36. The van der Waals surface area contributed by atoms with E-state index in [1.54, 1.807) is 31.0 Å². The van der Waals surface area contributed by atoms with Gasteiger partial charge in [-0.1, -0.05) is 23.2 Å². The predicted octanol–water partition coefficient (Wildman–Crippen LogP) is 2.54. The third-order valence-corrected chi connectivity index (χ3v) is 5.76. The van der Waals surface area contributed by atoms with E-state index < -0.39 is 16.1 Å². The average molecular weight is 459 g/mol. The van der Waals surface area contributed by atoms with Crippen LogP contribution in [0.25, 0.3) is 0 Å². The number of hydrogen-bond donors (Lipinski definition) is 3. The van der Waals surface area contributed by atoms with Crippen molar-refractivity contribution >= 4 is 56.4 Å². The molecule has 2 amide bonds. The molecule has 0 aromatic heterocycles. The van der Waals surface area contributed by atoms with Crippen molar-refractivity contribution in [3.8, 4) is 0 Å². The fourth-order valence-corrected chi connectivity index (χ4v) is 3.13. The van der Waals surface area contributed by atoms with Gasteiger partial charge in [0.15, 0.2) is 0 Å². The minimum Gasteiger partial charge on any atom is -0.325 e. The predicted molar refractivity (Wildman–Crippen MR) is 114 cm³/mol. The van der Waals surface area contributed by atoms with E-state index in [0.29, 0.717) is 21.4 Å². The molecule has 0 heterocycles. The molecule has 0 saturated heterocycles. The molecule has 2 rings (SSSR count). The molecule has 1 atom stereocenters. The standard InChI is InChI=1S/C18H20Cl2N4O4S/c1-11(18(26)23-12-3-6-14(7-4-12)29(21,27)28)24(2)10-17(25)22-13-5-8-15(19)16(20)9-13/h3-9,11H,10H2,1-2H3,(H,22,25)(H,23,26)(H2,21,27,28). The lowest BCUT2D eigenvalue weighted by Crippen LogP contribution is -2.43. The van der Waals surface area contributed by atoms with E-state index in [9.17, 15) is 18.0 Å². The van der Waals surface area contributed by atoms with Crippen molar-refractivity contribution in [2.75, 3.05) is 24.2 Å². The number of amides is 2. The number of benzene rings is 2. The molecule has 0 fully saturated rings. The molecule has 0 bridgehead atoms. The van der Waals surface area contributed by atoms with Gasteiger partial charge < -0.3 is 10.6 Å². The molecule has 4 N–H and O–H groups in total. The summed E-state index contributed by atoms with van der Waals surface area (Å²) in [5.41, 5.74) is 0.896. The summed E-state index contributed by atoms with van der Waals surface area (Å²) in [7, 11) is -2.18. The van der Waals surface area contributed by atoms with Crippen LogP contribution in [0.5, 0.6) is 0 Å². The van der Waals surface area contributed by atoms with Crippen LogP contribution in [0.15, 0.2) is 47.4 Å². The number of primary sulfonamides is 1. The number of nitrogens with one attached hydrogen (secondary N) is 2. The third kappa shape index (κ3) is 6.69. The van der Waals surface area contributed by atoms with Crippen molar-refractivity contribution in [2.24, 2.45) is 5.14 Å². The van der Waals surface area contributed by atoms with Crippen LogP contribution in [0.2, 0.25) is 10.0 Å². The summed E-state index contributed by atoms with van der Waals surface area (Å²) in [6, 6.07) is 9.54. The molecule has 0 aliphatic heterocycles. The zero-order valence-corrected chi connectivity index (χ0v) is 18.0. The van der Waals surface area contributed by atoms with Gasteiger partial charge in [0, 0.05) is 11.4 Å². The molecule has 0 aliphatic carbocycles. The molecule has 1 unspecified atom stereocenters. The van der Waals surface area contributed by atoms with Gasteiger partial charge in [-0.25, -0.2) is 13.6 Å². The van der Waals surface area contributed by atoms with Crippen LogP contribution in [-0.4, -0.2) is 44.8 Å². The van der Waals surface area contributed by atoms with Crippen LogP contribution in [0.1, 0.15) is 6.92 Å². The van der Waals surface area contributed by atoms with E-state index in [1.165, 1.54) is 30.3 Å². The second-order valence-corrected chi connectivity index (χ2v) is 8.70. The quantitative estimate of drug-likeness (QED) is 0.588. The van der Waals surface area contributed by atoms with Gasteiger partial charge >= 0.3 is 0 Å². The summed E-state index contributed by atoms with van der Waals surface area (Å²) in [4.78, 5) is 26.1. The summed E-state index contributed by atoms with van der Waals surface area (Å²) < 4.78 is 22.5. The molecule has 2 aromatic carbocycles. The first-order valence-corrected chi connectivity index (χ1v) is 10.7. The van der Waals surface area contributed by atoms with E-state index in [2.05, 4.69) is 10.6 Å². The summed E-state index contributed by atoms with van der Waals surface area (Å²) in [5, 5.41) is 11.1. The van der Waals surface area contributed by atoms with Crippen molar-refractivity contribution in [1.82, 2.24) is 4.90 Å². The van der Waals surface area contributed by atoms with Crippen LogP contribution in [-0.2, 0) is 19.6 Å². The highest BCUT2D eigenvalue weighted by atomic mass is 35.5. The fourth-order valence-electron chi connectivity index (χ4n) is 2.31. The van der Waals surface area contributed by atoms with Gasteiger partial charge in [0.25, 0.3) is 0 Å². The molecular weight excluding hydrogens is 439 g/mol. The largest absolute Gasteiger partial charge is 0.325 e. The molecule has 2 aromatic rings. The Morgan fingerprint density at radius 2 is 1.62 bits per heavy atom. The topological polar surface area (TPSA) is 122 Å². The highest BCUT2D eigenvalue weighted by molar-refractivity contribution is 7.89. The van der Waals surface area contributed by atoms with Gasteiger partial charge in [-0.2, -0.15) is 0 Å². The lowest BCUT2D eigenvalue weighted by Gasteiger charge is -2.23. The number of nitrogens with two attached hydrogens (primary N) is 1. The van der Waals surface area contributed by atoms with Crippen molar-refractivity contribution < 1.29 is 18.0 Å². The van der Waals surface area contributed by atoms with Gasteiger partial charge in [0.05, 0.1) is 27.5 Å². The lowest BCUT2D eigenvalue weighted by molar-refractivity contribution is -0.122. The lowest BCUT2D eigenvalue weighted by atomic mass is 10.2. The average Bonchev–Trinajstić information content (AvgIpc) is 2.63.